The quantitative estimate of drug-likeness (QED) is 0.666. The predicted octanol–water partition coefficient (Wildman–Crippen LogP) is 4.70. The molecule has 2 aromatic carbocycles. The van der Waals surface area contributed by atoms with Crippen LogP contribution in [0.3, 0.4) is 0 Å². The number of aromatic nitrogens is 1. The first-order chi connectivity index (χ1) is 13.2. The Morgan fingerprint density at radius 1 is 1.11 bits per heavy atom. The Balaban J connectivity index is 1.62. The highest BCUT2D eigenvalue weighted by molar-refractivity contribution is 5.85. The number of fused-ring (bicyclic) bond motifs is 3. The predicted molar refractivity (Wildman–Crippen MR) is 110 cm³/mol. The van der Waals surface area contributed by atoms with Gasteiger partial charge in [-0.25, -0.2) is 0 Å². The maximum atomic E-state index is 5.78. The molecule has 0 radical (unpaired) electrons. The van der Waals surface area contributed by atoms with Gasteiger partial charge in [0.15, 0.2) is 11.5 Å². The number of aryl methyl sites for hydroxylation is 1. The molecule has 4 nitrogen and oxygen atoms in total. The van der Waals surface area contributed by atoms with Crippen LogP contribution in [0.4, 0.5) is 0 Å². The van der Waals surface area contributed by atoms with Crippen LogP contribution in [0, 0.1) is 6.92 Å². The second kappa shape index (κ2) is 7.65. The summed E-state index contributed by atoms with van der Waals surface area (Å²) in [6.45, 7) is 5.98. The number of hydrogen-bond donors (Lipinski definition) is 2. The van der Waals surface area contributed by atoms with E-state index in [1.165, 1.54) is 33.3 Å². The van der Waals surface area contributed by atoms with Crippen LogP contribution in [0.15, 0.2) is 36.4 Å². The minimum Gasteiger partial charge on any atom is -0.493 e. The third kappa shape index (κ3) is 3.54. The topological polar surface area (TPSA) is 46.3 Å². The van der Waals surface area contributed by atoms with Crippen molar-refractivity contribution in [2.45, 2.75) is 39.2 Å². The average Bonchev–Trinajstić information content (AvgIpc) is 3.06. The summed E-state index contributed by atoms with van der Waals surface area (Å²) >= 11 is 0. The van der Waals surface area contributed by atoms with Crippen LogP contribution in [0.1, 0.15) is 41.8 Å². The average molecular weight is 364 g/mol. The molecule has 1 atom stereocenters. The highest BCUT2D eigenvalue weighted by atomic mass is 16.5. The molecule has 2 N–H and O–H groups in total. The molecule has 142 valence electrons. The molecule has 27 heavy (non-hydrogen) atoms. The molecule has 0 saturated heterocycles. The van der Waals surface area contributed by atoms with E-state index in [0.717, 1.165) is 37.3 Å². The largest absolute Gasteiger partial charge is 0.493 e. The molecular formula is C23H28N2O2. The lowest BCUT2D eigenvalue weighted by atomic mass is 9.94. The van der Waals surface area contributed by atoms with Crippen molar-refractivity contribution < 1.29 is 9.47 Å². The molecular weight excluding hydrogens is 336 g/mol. The lowest BCUT2D eigenvalue weighted by molar-refractivity contribution is 0.294. The Bertz CT molecular complexity index is 945. The summed E-state index contributed by atoms with van der Waals surface area (Å²) in [5.74, 6) is 1.63. The summed E-state index contributed by atoms with van der Waals surface area (Å²) in [6.07, 6.45) is 2.98. The molecule has 1 aliphatic heterocycles. The molecule has 0 amide bonds. The number of H-pyrrole nitrogens is 1. The van der Waals surface area contributed by atoms with Crippen molar-refractivity contribution in [1.29, 1.82) is 0 Å². The molecule has 1 aromatic heterocycles. The van der Waals surface area contributed by atoms with E-state index in [9.17, 15) is 0 Å². The van der Waals surface area contributed by atoms with Crippen LogP contribution in [-0.4, -0.2) is 25.2 Å². The van der Waals surface area contributed by atoms with Gasteiger partial charge >= 0.3 is 0 Å². The number of benzene rings is 2. The first-order valence-electron chi connectivity index (χ1n) is 9.83. The monoisotopic (exact) mass is 364 g/mol. The number of aromatic amines is 1. The Labute approximate surface area is 160 Å². The van der Waals surface area contributed by atoms with Crippen molar-refractivity contribution in [3.8, 4) is 11.5 Å². The molecule has 0 spiro atoms. The molecule has 0 bridgehead atoms. The van der Waals surface area contributed by atoms with Gasteiger partial charge in [-0.2, -0.15) is 0 Å². The molecule has 4 heteroatoms. The van der Waals surface area contributed by atoms with Gasteiger partial charge in [0.05, 0.1) is 19.8 Å². The minimum atomic E-state index is 0.286. The Morgan fingerprint density at radius 2 is 2.00 bits per heavy atom. The smallest absolute Gasteiger partial charge is 0.161 e. The summed E-state index contributed by atoms with van der Waals surface area (Å²) in [4.78, 5) is 3.66. The van der Waals surface area contributed by atoms with Gasteiger partial charge in [-0.3, -0.25) is 0 Å². The molecule has 0 saturated carbocycles. The van der Waals surface area contributed by atoms with Crippen molar-refractivity contribution in [1.82, 2.24) is 10.3 Å². The SMILES string of the molecule is CCCOc1ccc(CC2NCCc3c2[nH]c2ccc(C)cc32)cc1OC. The fourth-order valence-electron chi connectivity index (χ4n) is 4.00. The summed E-state index contributed by atoms with van der Waals surface area (Å²) in [6, 6.07) is 13.2. The van der Waals surface area contributed by atoms with E-state index in [-0.39, 0.29) is 6.04 Å². The molecule has 3 aromatic rings. The molecule has 1 unspecified atom stereocenters. The third-order valence-corrected chi connectivity index (χ3v) is 5.34. The van der Waals surface area contributed by atoms with E-state index in [4.69, 9.17) is 9.47 Å². The van der Waals surface area contributed by atoms with Crippen LogP contribution in [-0.2, 0) is 12.8 Å². The minimum absolute atomic E-state index is 0.286. The molecule has 0 aliphatic carbocycles. The number of rotatable bonds is 6. The van der Waals surface area contributed by atoms with Crippen molar-refractivity contribution in [2.75, 3.05) is 20.3 Å². The third-order valence-electron chi connectivity index (χ3n) is 5.34. The Kier molecular flexibility index (Phi) is 5.08. The fourth-order valence-corrected chi connectivity index (χ4v) is 4.00. The van der Waals surface area contributed by atoms with E-state index in [1.807, 2.05) is 6.07 Å². The van der Waals surface area contributed by atoms with E-state index >= 15 is 0 Å². The van der Waals surface area contributed by atoms with E-state index in [0.29, 0.717) is 6.61 Å². The number of hydrogen-bond acceptors (Lipinski definition) is 3. The zero-order valence-corrected chi connectivity index (χ0v) is 16.4. The summed E-state index contributed by atoms with van der Waals surface area (Å²) in [5, 5.41) is 5.06. The molecule has 2 heterocycles. The van der Waals surface area contributed by atoms with Gasteiger partial charge in [0.1, 0.15) is 0 Å². The van der Waals surface area contributed by atoms with E-state index in [2.05, 4.69) is 54.5 Å². The second-order valence-corrected chi connectivity index (χ2v) is 7.36. The van der Waals surface area contributed by atoms with E-state index in [1.54, 1.807) is 7.11 Å². The van der Waals surface area contributed by atoms with Crippen molar-refractivity contribution >= 4 is 10.9 Å². The van der Waals surface area contributed by atoms with Gasteiger partial charge < -0.3 is 19.8 Å². The zero-order chi connectivity index (χ0) is 18.8. The van der Waals surface area contributed by atoms with Gasteiger partial charge in [0, 0.05) is 16.6 Å². The summed E-state index contributed by atoms with van der Waals surface area (Å²) < 4.78 is 11.3. The standard InChI is InChI=1S/C23H28N2O2/c1-4-11-27-21-8-6-16(14-22(21)26-3)13-20-23-17(9-10-24-20)18-12-15(2)5-7-19(18)25-23/h5-8,12,14,20,24-25H,4,9-11,13H2,1-3H3. The highest BCUT2D eigenvalue weighted by Crippen LogP contribution is 2.34. The van der Waals surface area contributed by atoms with Gasteiger partial charge in [0.2, 0.25) is 0 Å². The first kappa shape index (κ1) is 17.9. The number of methoxy groups -OCH3 is 1. The lowest BCUT2D eigenvalue weighted by Crippen LogP contribution is -2.31. The van der Waals surface area contributed by atoms with Gasteiger partial charge in [-0.1, -0.05) is 24.6 Å². The fraction of sp³-hybridized carbons (Fsp3) is 0.391. The normalized spacial score (nSPS) is 16.3. The summed E-state index contributed by atoms with van der Waals surface area (Å²) in [7, 11) is 1.70. The first-order valence-corrected chi connectivity index (χ1v) is 9.83. The van der Waals surface area contributed by atoms with Crippen molar-refractivity contribution in [3.63, 3.8) is 0 Å². The summed E-state index contributed by atoms with van der Waals surface area (Å²) in [5.41, 5.74) is 6.59. The Morgan fingerprint density at radius 3 is 2.81 bits per heavy atom. The number of nitrogens with one attached hydrogen (secondary N) is 2. The molecule has 1 aliphatic rings. The molecule has 0 fully saturated rings. The van der Waals surface area contributed by atoms with Crippen LogP contribution in [0.2, 0.25) is 0 Å². The second-order valence-electron chi connectivity index (χ2n) is 7.36. The number of ether oxygens (including phenoxy) is 2. The maximum absolute atomic E-state index is 5.78. The van der Waals surface area contributed by atoms with Crippen molar-refractivity contribution in [2.24, 2.45) is 0 Å². The van der Waals surface area contributed by atoms with Gasteiger partial charge in [-0.05, 0) is 68.1 Å². The van der Waals surface area contributed by atoms with Crippen LogP contribution >= 0.6 is 0 Å². The zero-order valence-electron chi connectivity index (χ0n) is 16.4. The highest BCUT2D eigenvalue weighted by Gasteiger charge is 2.24. The van der Waals surface area contributed by atoms with Gasteiger partial charge in [0.25, 0.3) is 0 Å². The molecule has 4 rings (SSSR count). The lowest BCUT2D eigenvalue weighted by Gasteiger charge is -2.25. The Hall–Kier alpha value is -2.46. The van der Waals surface area contributed by atoms with E-state index < -0.39 is 0 Å². The van der Waals surface area contributed by atoms with Crippen molar-refractivity contribution in [3.05, 3.63) is 58.8 Å². The van der Waals surface area contributed by atoms with Crippen LogP contribution in [0.5, 0.6) is 11.5 Å². The van der Waals surface area contributed by atoms with Gasteiger partial charge in [-0.15, -0.1) is 0 Å². The van der Waals surface area contributed by atoms with Crippen LogP contribution in [0.25, 0.3) is 10.9 Å². The van der Waals surface area contributed by atoms with Crippen LogP contribution < -0.4 is 14.8 Å². The maximum Gasteiger partial charge on any atom is 0.161 e.